The smallest absolute Gasteiger partial charge is 0.0651 e. The highest BCUT2D eigenvalue weighted by molar-refractivity contribution is 5.01. The molecular formula is C17H29NO. The van der Waals surface area contributed by atoms with Crippen LogP contribution in [0, 0.1) is 29.6 Å². The minimum atomic E-state index is -0.365. The molecule has 0 aromatic carbocycles. The van der Waals surface area contributed by atoms with E-state index in [1.54, 1.807) is 0 Å². The summed E-state index contributed by atoms with van der Waals surface area (Å²) in [4.78, 5) is 0. The van der Waals surface area contributed by atoms with Gasteiger partial charge in [-0.05, 0) is 93.8 Å². The van der Waals surface area contributed by atoms with E-state index in [0.29, 0.717) is 6.04 Å². The maximum atomic E-state index is 10.9. The lowest BCUT2D eigenvalue weighted by Gasteiger charge is -2.56. The lowest BCUT2D eigenvalue weighted by Crippen LogP contribution is -2.49. The second-order valence-corrected chi connectivity index (χ2v) is 8.36. The van der Waals surface area contributed by atoms with Gasteiger partial charge in [-0.3, -0.25) is 0 Å². The average molecular weight is 263 g/mol. The van der Waals surface area contributed by atoms with E-state index in [9.17, 15) is 5.11 Å². The normalized spacial score (nSPS) is 56.5. The molecule has 0 aliphatic heterocycles. The number of rotatable bonds is 2. The van der Waals surface area contributed by atoms with Gasteiger partial charge >= 0.3 is 0 Å². The van der Waals surface area contributed by atoms with E-state index in [2.05, 4.69) is 0 Å². The fraction of sp³-hybridized carbons (Fsp3) is 1.00. The molecule has 0 amide bonds. The molecule has 0 atom stereocenters. The first-order valence-corrected chi connectivity index (χ1v) is 8.59. The zero-order valence-corrected chi connectivity index (χ0v) is 12.1. The van der Waals surface area contributed by atoms with Crippen LogP contribution in [0.5, 0.6) is 0 Å². The Morgan fingerprint density at radius 3 is 1.95 bits per heavy atom. The van der Waals surface area contributed by atoms with Gasteiger partial charge in [-0.2, -0.15) is 0 Å². The van der Waals surface area contributed by atoms with Crippen LogP contribution in [0.4, 0.5) is 0 Å². The zero-order chi connectivity index (χ0) is 13.0. The fourth-order valence-electron chi connectivity index (χ4n) is 6.19. The lowest BCUT2D eigenvalue weighted by molar-refractivity contribution is -0.0920. The molecule has 5 aliphatic carbocycles. The predicted octanol–water partition coefficient (Wildman–Crippen LogP) is 3.08. The minimum Gasteiger partial charge on any atom is -0.390 e. The SMILES string of the molecule is NC1CCC(O)(CC2C3CC4CC(C3)CC2C4)CC1. The largest absolute Gasteiger partial charge is 0.390 e. The van der Waals surface area contributed by atoms with Crippen molar-refractivity contribution < 1.29 is 5.11 Å². The van der Waals surface area contributed by atoms with Crippen LogP contribution >= 0.6 is 0 Å². The van der Waals surface area contributed by atoms with Gasteiger partial charge in [0.1, 0.15) is 0 Å². The Hall–Kier alpha value is -0.0800. The topological polar surface area (TPSA) is 46.2 Å². The molecule has 2 nitrogen and oxygen atoms in total. The van der Waals surface area contributed by atoms with Crippen LogP contribution < -0.4 is 5.73 Å². The Morgan fingerprint density at radius 1 is 0.895 bits per heavy atom. The summed E-state index contributed by atoms with van der Waals surface area (Å²) < 4.78 is 0. The van der Waals surface area contributed by atoms with Gasteiger partial charge in [0.15, 0.2) is 0 Å². The summed E-state index contributed by atoms with van der Waals surface area (Å²) in [5, 5.41) is 10.9. The van der Waals surface area contributed by atoms with E-state index < -0.39 is 0 Å². The molecule has 0 heterocycles. The van der Waals surface area contributed by atoms with Gasteiger partial charge in [0, 0.05) is 6.04 Å². The summed E-state index contributed by atoms with van der Waals surface area (Å²) >= 11 is 0. The third-order valence-electron chi connectivity index (χ3n) is 7.00. The van der Waals surface area contributed by atoms with Crippen LogP contribution in [0.25, 0.3) is 0 Å². The Bertz CT molecular complexity index is 317. The second-order valence-electron chi connectivity index (χ2n) is 8.36. The predicted molar refractivity (Wildman–Crippen MR) is 76.5 cm³/mol. The summed E-state index contributed by atoms with van der Waals surface area (Å²) in [6.07, 6.45) is 12.5. The second kappa shape index (κ2) is 4.46. The van der Waals surface area contributed by atoms with E-state index in [-0.39, 0.29) is 5.60 Å². The van der Waals surface area contributed by atoms with Gasteiger partial charge < -0.3 is 10.8 Å². The zero-order valence-electron chi connectivity index (χ0n) is 12.1. The molecule has 19 heavy (non-hydrogen) atoms. The van der Waals surface area contributed by atoms with Gasteiger partial charge in [-0.25, -0.2) is 0 Å². The average Bonchev–Trinajstić information content (AvgIpc) is 2.37. The first-order valence-electron chi connectivity index (χ1n) is 8.59. The molecule has 2 heteroatoms. The molecule has 5 fully saturated rings. The third-order valence-corrected chi connectivity index (χ3v) is 7.00. The summed E-state index contributed by atoms with van der Waals surface area (Å²) in [6, 6.07) is 0.346. The highest BCUT2D eigenvalue weighted by Crippen LogP contribution is 2.58. The van der Waals surface area contributed by atoms with E-state index in [4.69, 9.17) is 5.73 Å². The van der Waals surface area contributed by atoms with Crippen molar-refractivity contribution in [1.82, 2.24) is 0 Å². The van der Waals surface area contributed by atoms with Gasteiger partial charge in [0.2, 0.25) is 0 Å². The third kappa shape index (κ3) is 2.25. The summed E-state index contributed by atoms with van der Waals surface area (Å²) in [5.41, 5.74) is 5.63. The standard InChI is InChI=1S/C17H29NO/c18-15-1-3-17(19,4-2-15)10-16-13-6-11-5-12(8-13)9-14(16)7-11/h11-16,19H,1-10,18H2. The van der Waals surface area contributed by atoms with Gasteiger partial charge in [-0.1, -0.05) is 0 Å². The van der Waals surface area contributed by atoms with Crippen LogP contribution in [0.3, 0.4) is 0 Å². The molecule has 5 rings (SSSR count). The Morgan fingerprint density at radius 2 is 1.42 bits per heavy atom. The van der Waals surface area contributed by atoms with Gasteiger partial charge in [-0.15, -0.1) is 0 Å². The molecule has 0 aromatic rings. The molecule has 108 valence electrons. The molecule has 3 N–H and O–H groups in total. The summed E-state index contributed by atoms with van der Waals surface area (Å²) in [6.45, 7) is 0. The van der Waals surface area contributed by atoms with Crippen molar-refractivity contribution in [2.24, 2.45) is 35.3 Å². The van der Waals surface area contributed by atoms with Crippen molar-refractivity contribution in [1.29, 1.82) is 0 Å². The number of hydrogen-bond donors (Lipinski definition) is 2. The molecule has 0 spiro atoms. The first-order chi connectivity index (χ1) is 9.11. The van der Waals surface area contributed by atoms with Crippen LogP contribution in [-0.4, -0.2) is 16.7 Å². The van der Waals surface area contributed by atoms with E-state index in [1.165, 1.54) is 32.1 Å². The van der Waals surface area contributed by atoms with E-state index >= 15 is 0 Å². The van der Waals surface area contributed by atoms with Gasteiger partial charge in [0.25, 0.3) is 0 Å². The summed E-state index contributed by atoms with van der Waals surface area (Å²) in [5.74, 6) is 4.85. The van der Waals surface area contributed by atoms with Crippen molar-refractivity contribution in [3.63, 3.8) is 0 Å². The van der Waals surface area contributed by atoms with E-state index in [0.717, 1.165) is 61.7 Å². The monoisotopic (exact) mass is 263 g/mol. The van der Waals surface area contributed by atoms with Crippen molar-refractivity contribution in [3.05, 3.63) is 0 Å². The van der Waals surface area contributed by atoms with Crippen molar-refractivity contribution in [2.75, 3.05) is 0 Å². The molecule has 0 saturated heterocycles. The quantitative estimate of drug-likeness (QED) is 0.804. The lowest BCUT2D eigenvalue weighted by atomic mass is 9.50. The maximum Gasteiger partial charge on any atom is 0.0651 e. The molecule has 5 aliphatic rings. The molecule has 0 aromatic heterocycles. The Labute approximate surface area is 117 Å². The van der Waals surface area contributed by atoms with Crippen LogP contribution in [-0.2, 0) is 0 Å². The highest BCUT2D eigenvalue weighted by atomic mass is 16.3. The molecule has 4 bridgehead atoms. The molecule has 5 saturated carbocycles. The Kier molecular flexibility index (Phi) is 2.97. The van der Waals surface area contributed by atoms with Gasteiger partial charge in [0.05, 0.1) is 5.60 Å². The Balaban J connectivity index is 1.45. The molecular weight excluding hydrogens is 234 g/mol. The van der Waals surface area contributed by atoms with Crippen molar-refractivity contribution in [2.45, 2.75) is 75.9 Å². The molecule has 0 radical (unpaired) electrons. The minimum absolute atomic E-state index is 0.346. The van der Waals surface area contributed by atoms with Crippen molar-refractivity contribution >= 4 is 0 Å². The maximum absolute atomic E-state index is 10.9. The summed E-state index contributed by atoms with van der Waals surface area (Å²) in [7, 11) is 0. The van der Waals surface area contributed by atoms with Crippen molar-refractivity contribution in [3.8, 4) is 0 Å². The number of hydrogen-bond acceptors (Lipinski definition) is 2. The van der Waals surface area contributed by atoms with Crippen LogP contribution in [0.1, 0.15) is 64.2 Å². The highest BCUT2D eigenvalue weighted by Gasteiger charge is 2.50. The van der Waals surface area contributed by atoms with Crippen LogP contribution in [0.2, 0.25) is 0 Å². The number of aliphatic hydroxyl groups is 1. The number of nitrogens with two attached hydrogens (primary N) is 1. The van der Waals surface area contributed by atoms with Crippen LogP contribution in [0.15, 0.2) is 0 Å². The molecule has 0 unspecified atom stereocenters. The fourth-order valence-corrected chi connectivity index (χ4v) is 6.19. The first kappa shape index (κ1) is 12.6. The van der Waals surface area contributed by atoms with E-state index in [1.807, 2.05) is 0 Å².